The Morgan fingerprint density at radius 1 is 0.941 bits per heavy atom. The zero-order valence-corrected chi connectivity index (χ0v) is 19.2. The smallest absolute Gasteiger partial charge is 0.332 e. The first kappa shape index (κ1) is 24.1. The summed E-state index contributed by atoms with van der Waals surface area (Å²) in [5.41, 5.74) is -1.34. The summed E-state index contributed by atoms with van der Waals surface area (Å²) < 4.78 is 43.9. The molecule has 0 aliphatic rings. The van der Waals surface area contributed by atoms with E-state index in [1.165, 1.54) is 36.5 Å². The molecule has 5 nitrogen and oxygen atoms in total. The van der Waals surface area contributed by atoms with E-state index in [1.54, 1.807) is 24.3 Å². The van der Waals surface area contributed by atoms with Crippen LogP contribution in [-0.4, -0.2) is 21.2 Å². The molecule has 0 saturated heterocycles. The molecule has 2 aromatic carbocycles. The van der Waals surface area contributed by atoms with Crippen LogP contribution >= 0.6 is 34.8 Å². The number of carbonyl (C=O) groups excluding carboxylic acids is 2. The second-order valence-corrected chi connectivity index (χ2v) is 8.51. The lowest BCUT2D eigenvalue weighted by Crippen LogP contribution is -2.26. The monoisotopic (exact) mass is 525 g/mol. The first-order valence-corrected chi connectivity index (χ1v) is 10.8. The first-order valence-electron chi connectivity index (χ1n) is 9.65. The molecule has 0 unspecified atom stereocenters. The van der Waals surface area contributed by atoms with Crippen LogP contribution in [0.2, 0.25) is 15.2 Å². The van der Waals surface area contributed by atoms with Crippen molar-refractivity contribution in [3.8, 4) is 0 Å². The van der Waals surface area contributed by atoms with Crippen LogP contribution in [0.15, 0.2) is 60.8 Å². The third-order valence-electron chi connectivity index (χ3n) is 4.97. The van der Waals surface area contributed by atoms with Gasteiger partial charge in [0.15, 0.2) is 0 Å². The summed E-state index contributed by atoms with van der Waals surface area (Å²) in [6, 6.07) is 12.9. The molecule has 0 aliphatic heterocycles. The fourth-order valence-corrected chi connectivity index (χ4v) is 4.04. The Balaban J connectivity index is 1.87. The van der Waals surface area contributed by atoms with Gasteiger partial charge in [-0.15, -0.1) is 0 Å². The molecule has 2 heterocycles. The maximum Gasteiger partial charge on any atom is 0.432 e. The predicted octanol–water partition coefficient (Wildman–Crippen LogP) is 6.89. The van der Waals surface area contributed by atoms with Gasteiger partial charge in [-0.3, -0.25) is 9.59 Å². The lowest BCUT2D eigenvalue weighted by Gasteiger charge is -2.15. The maximum absolute atomic E-state index is 14.3. The second-order valence-electron chi connectivity index (χ2n) is 7.25. The molecule has 11 heteroatoms. The topological polar surface area (TPSA) is 64.0 Å². The van der Waals surface area contributed by atoms with E-state index in [9.17, 15) is 22.8 Å². The Hall–Kier alpha value is -3.07. The predicted molar refractivity (Wildman–Crippen MR) is 125 cm³/mol. The summed E-state index contributed by atoms with van der Waals surface area (Å²) in [7, 11) is 0. The Labute approximate surface area is 206 Å². The minimum atomic E-state index is -4.96. The van der Waals surface area contributed by atoms with Crippen molar-refractivity contribution in [3.63, 3.8) is 0 Å². The second kappa shape index (κ2) is 9.29. The fraction of sp³-hybridized carbons (Fsp3) is 0.0870. The number of nitrogens with zero attached hydrogens (tertiary/aromatic N) is 2. The first-order chi connectivity index (χ1) is 16.0. The molecule has 4 aromatic rings. The van der Waals surface area contributed by atoms with E-state index in [0.29, 0.717) is 10.6 Å². The van der Waals surface area contributed by atoms with Gasteiger partial charge >= 0.3 is 6.18 Å². The Kier molecular flexibility index (Phi) is 6.58. The maximum atomic E-state index is 14.3. The summed E-state index contributed by atoms with van der Waals surface area (Å²) in [6.45, 7) is -0.223. The summed E-state index contributed by atoms with van der Waals surface area (Å²) >= 11 is 17.7. The van der Waals surface area contributed by atoms with Crippen LogP contribution in [0.3, 0.4) is 0 Å². The molecule has 34 heavy (non-hydrogen) atoms. The molecule has 0 saturated carbocycles. The quantitative estimate of drug-likeness (QED) is 0.175. The normalized spacial score (nSPS) is 11.6. The standard InChI is InChI=1S/C23H13Cl3F3N3O2/c24-13-3-1-12(2-4-13)11-32-17-6-5-14(25)9-16(17)19(21(32)23(27,28)29)20(33)22(34)31-15-7-8-30-18(26)10-15/h1-10H,11H2,(H,30,31,34). The number of anilines is 1. The average Bonchev–Trinajstić information content (AvgIpc) is 3.08. The van der Waals surface area contributed by atoms with Crippen molar-refractivity contribution in [2.24, 2.45) is 0 Å². The summed E-state index contributed by atoms with van der Waals surface area (Å²) in [5, 5.41) is 2.74. The van der Waals surface area contributed by atoms with Crippen LogP contribution in [0.5, 0.6) is 0 Å². The molecule has 0 radical (unpaired) electrons. The van der Waals surface area contributed by atoms with E-state index >= 15 is 0 Å². The van der Waals surface area contributed by atoms with Crippen LogP contribution in [0.1, 0.15) is 21.6 Å². The van der Waals surface area contributed by atoms with E-state index in [1.807, 2.05) is 0 Å². The van der Waals surface area contributed by atoms with E-state index in [4.69, 9.17) is 34.8 Å². The van der Waals surface area contributed by atoms with Gasteiger partial charge in [-0.1, -0.05) is 46.9 Å². The van der Waals surface area contributed by atoms with E-state index < -0.39 is 29.1 Å². The Morgan fingerprint density at radius 3 is 2.26 bits per heavy atom. The number of ketones is 1. The number of Topliss-reactive ketones (excluding diaryl/α,β-unsaturated/α-hetero) is 1. The highest BCUT2D eigenvalue weighted by atomic mass is 35.5. The molecule has 0 fully saturated rings. The number of pyridine rings is 1. The average molecular weight is 527 g/mol. The van der Waals surface area contributed by atoms with Gasteiger partial charge in [0.05, 0.1) is 5.56 Å². The third kappa shape index (κ3) is 4.89. The van der Waals surface area contributed by atoms with Gasteiger partial charge in [0.2, 0.25) is 0 Å². The van der Waals surface area contributed by atoms with Crippen molar-refractivity contribution in [2.75, 3.05) is 5.32 Å². The van der Waals surface area contributed by atoms with Crippen LogP contribution < -0.4 is 5.32 Å². The number of benzene rings is 2. The highest BCUT2D eigenvalue weighted by molar-refractivity contribution is 6.49. The zero-order chi connectivity index (χ0) is 24.6. The zero-order valence-electron chi connectivity index (χ0n) is 17.0. The molecule has 1 N–H and O–H groups in total. The molecular formula is C23H13Cl3F3N3O2. The SMILES string of the molecule is O=C(Nc1ccnc(Cl)c1)C(=O)c1c(C(F)(F)F)n(Cc2ccc(Cl)cc2)c2ccc(Cl)cc12. The molecule has 0 atom stereocenters. The lowest BCUT2D eigenvalue weighted by atomic mass is 10.1. The van der Waals surface area contributed by atoms with Crippen LogP contribution in [0.25, 0.3) is 10.9 Å². The summed E-state index contributed by atoms with van der Waals surface area (Å²) in [5.74, 6) is -2.64. The van der Waals surface area contributed by atoms with Gasteiger partial charge in [-0.2, -0.15) is 13.2 Å². The number of hydrogen-bond donors (Lipinski definition) is 1. The molecule has 4 rings (SSSR count). The Bertz CT molecular complexity index is 1420. The summed E-state index contributed by atoms with van der Waals surface area (Å²) in [4.78, 5) is 29.5. The lowest BCUT2D eigenvalue weighted by molar-refractivity contribution is -0.143. The largest absolute Gasteiger partial charge is 0.432 e. The highest BCUT2D eigenvalue weighted by Gasteiger charge is 2.42. The number of halogens is 6. The molecule has 0 bridgehead atoms. The number of carbonyl (C=O) groups is 2. The number of amides is 1. The van der Waals surface area contributed by atoms with Gasteiger partial charge in [0.1, 0.15) is 10.8 Å². The van der Waals surface area contributed by atoms with E-state index in [0.717, 1.165) is 4.57 Å². The van der Waals surface area contributed by atoms with Crippen molar-refractivity contribution < 1.29 is 22.8 Å². The van der Waals surface area contributed by atoms with Crippen LogP contribution in [0.4, 0.5) is 18.9 Å². The van der Waals surface area contributed by atoms with Gasteiger partial charge in [0.25, 0.3) is 11.7 Å². The van der Waals surface area contributed by atoms with Crippen molar-refractivity contribution in [1.29, 1.82) is 0 Å². The van der Waals surface area contributed by atoms with E-state index in [2.05, 4.69) is 10.3 Å². The molecule has 174 valence electrons. The number of fused-ring (bicyclic) bond motifs is 1. The van der Waals surface area contributed by atoms with Gasteiger partial charge < -0.3 is 9.88 Å². The van der Waals surface area contributed by atoms with Crippen LogP contribution in [-0.2, 0) is 17.5 Å². The van der Waals surface area contributed by atoms with Crippen molar-refractivity contribution in [1.82, 2.24) is 9.55 Å². The van der Waals surface area contributed by atoms with Gasteiger partial charge in [-0.05, 0) is 48.0 Å². The number of alkyl halides is 3. The number of nitrogens with one attached hydrogen (secondary N) is 1. The Morgan fingerprint density at radius 2 is 1.62 bits per heavy atom. The fourth-order valence-electron chi connectivity index (χ4n) is 3.57. The number of rotatable bonds is 5. The van der Waals surface area contributed by atoms with Gasteiger partial charge in [-0.25, -0.2) is 4.98 Å². The van der Waals surface area contributed by atoms with Crippen molar-refractivity contribution >= 4 is 63.1 Å². The minimum absolute atomic E-state index is 0.0348. The van der Waals surface area contributed by atoms with Gasteiger partial charge in [0, 0.05) is 39.4 Å². The molecule has 2 aromatic heterocycles. The van der Waals surface area contributed by atoms with E-state index in [-0.39, 0.29) is 33.3 Å². The third-order valence-corrected chi connectivity index (χ3v) is 5.66. The molecular weight excluding hydrogens is 514 g/mol. The van der Waals surface area contributed by atoms with Crippen molar-refractivity contribution in [3.05, 3.63) is 92.8 Å². The molecule has 1 amide bonds. The molecule has 0 aliphatic carbocycles. The number of aromatic nitrogens is 2. The summed E-state index contributed by atoms with van der Waals surface area (Å²) in [6.07, 6.45) is -3.68. The number of hydrogen-bond acceptors (Lipinski definition) is 3. The minimum Gasteiger partial charge on any atom is -0.332 e. The highest BCUT2D eigenvalue weighted by Crippen LogP contribution is 2.40. The van der Waals surface area contributed by atoms with Crippen molar-refractivity contribution in [2.45, 2.75) is 12.7 Å². The molecule has 0 spiro atoms. The van der Waals surface area contributed by atoms with Crippen LogP contribution in [0, 0.1) is 0 Å².